The molecule has 1 atom stereocenters. The van der Waals surface area contributed by atoms with Crippen molar-refractivity contribution in [3.63, 3.8) is 0 Å². The van der Waals surface area contributed by atoms with Crippen molar-refractivity contribution >= 4 is 23.4 Å². The Hall–Kier alpha value is -3.31. The molecular formula is C30H35ClN2O3. The molecule has 6 heteroatoms. The van der Waals surface area contributed by atoms with E-state index in [2.05, 4.69) is 12.2 Å². The van der Waals surface area contributed by atoms with E-state index in [1.807, 2.05) is 78.9 Å². The first-order valence-corrected chi connectivity index (χ1v) is 13.0. The fraction of sp³-hybridized carbons (Fsp3) is 0.333. The van der Waals surface area contributed by atoms with Gasteiger partial charge in [0.15, 0.2) is 0 Å². The fourth-order valence-corrected chi connectivity index (χ4v) is 4.14. The van der Waals surface area contributed by atoms with Gasteiger partial charge in [-0.1, -0.05) is 91.7 Å². The van der Waals surface area contributed by atoms with Crippen LogP contribution in [0.1, 0.15) is 43.7 Å². The standard InChI is InChI=1S/C30H35ClN2O3/c1-2-3-20-32-30(35)28(22-24-13-6-4-7-14-24)33(23-25-15-10-11-18-27(25)31)29(34)19-12-21-36-26-16-8-5-9-17-26/h4-11,13-18,28H,2-3,12,19-23H2,1H3,(H,32,35)/t28-/m0/s1. The Morgan fingerprint density at radius 2 is 1.58 bits per heavy atom. The fourth-order valence-electron chi connectivity index (χ4n) is 3.94. The molecule has 0 fully saturated rings. The molecule has 0 saturated carbocycles. The predicted molar refractivity (Wildman–Crippen MR) is 145 cm³/mol. The number of nitrogens with one attached hydrogen (secondary N) is 1. The Balaban J connectivity index is 1.79. The number of carbonyl (C=O) groups excluding carboxylic acids is 2. The molecule has 0 aromatic heterocycles. The molecule has 3 aromatic carbocycles. The maximum atomic E-state index is 13.6. The highest BCUT2D eigenvalue weighted by atomic mass is 35.5. The zero-order valence-electron chi connectivity index (χ0n) is 20.9. The van der Waals surface area contributed by atoms with E-state index in [4.69, 9.17) is 16.3 Å². The molecule has 0 aliphatic heterocycles. The van der Waals surface area contributed by atoms with Crippen LogP contribution in [0.2, 0.25) is 5.02 Å². The molecule has 3 rings (SSSR count). The van der Waals surface area contributed by atoms with Crippen molar-refractivity contribution in [3.05, 3.63) is 101 Å². The number of unbranched alkanes of at least 4 members (excludes halogenated alkanes) is 1. The molecule has 0 aliphatic rings. The van der Waals surface area contributed by atoms with Crippen molar-refractivity contribution < 1.29 is 14.3 Å². The van der Waals surface area contributed by atoms with Crippen molar-refractivity contribution in [3.8, 4) is 5.75 Å². The summed E-state index contributed by atoms with van der Waals surface area (Å²) in [7, 11) is 0. The quantitative estimate of drug-likeness (QED) is 0.270. The van der Waals surface area contributed by atoms with E-state index in [1.54, 1.807) is 11.0 Å². The second-order valence-corrected chi connectivity index (χ2v) is 9.14. The Morgan fingerprint density at radius 1 is 0.917 bits per heavy atom. The number of amides is 2. The van der Waals surface area contributed by atoms with E-state index in [0.717, 1.165) is 29.7 Å². The van der Waals surface area contributed by atoms with Crippen LogP contribution in [0.25, 0.3) is 0 Å². The van der Waals surface area contributed by atoms with Crippen LogP contribution in [0, 0.1) is 0 Å². The van der Waals surface area contributed by atoms with Crippen LogP contribution in [0.5, 0.6) is 5.75 Å². The summed E-state index contributed by atoms with van der Waals surface area (Å²) < 4.78 is 5.77. The Kier molecular flexibility index (Phi) is 11.3. The van der Waals surface area contributed by atoms with E-state index in [-0.39, 0.29) is 24.8 Å². The average molecular weight is 507 g/mol. The van der Waals surface area contributed by atoms with Crippen LogP contribution in [-0.4, -0.2) is 35.9 Å². The first-order chi connectivity index (χ1) is 17.6. The van der Waals surface area contributed by atoms with Gasteiger partial charge in [-0.05, 0) is 42.2 Å². The number of halogens is 1. The largest absolute Gasteiger partial charge is 0.494 e. The topological polar surface area (TPSA) is 58.6 Å². The summed E-state index contributed by atoms with van der Waals surface area (Å²) in [6.07, 6.45) is 3.11. The predicted octanol–water partition coefficient (Wildman–Crippen LogP) is 6.06. The van der Waals surface area contributed by atoms with Gasteiger partial charge in [0.1, 0.15) is 11.8 Å². The number of hydrogen-bond acceptors (Lipinski definition) is 3. The molecule has 190 valence electrons. The Morgan fingerprint density at radius 3 is 2.28 bits per heavy atom. The molecule has 0 heterocycles. The van der Waals surface area contributed by atoms with Crippen LogP contribution in [0.3, 0.4) is 0 Å². The smallest absolute Gasteiger partial charge is 0.243 e. The Bertz CT molecular complexity index is 1080. The minimum atomic E-state index is -0.650. The number of rotatable bonds is 14. The summed E-state index contributed by atoms with van der Waals surface area (Å²) in [6, 6.07) is 26.2. The van der Waals surface area contributed by atoms with E-state index in [9.17, 15) is 9.59 Å². The van der Waals surface area contributed by atoms with E-state index >= 15 is 0 Å². The average Bonchev–Trinajstić information content (AvgIpc) is 2.91. The number of hydrogen-bond donors (Lipinski definition) is 1. The highest BCUT2D eigenvalue weighted by Gasteiger charge is 2.30. The molecule has 0 aliphatic carbocycles. The molecule has 0 spiro atoms. The number of nitrogens with zero attached hydrogens (tertiary/aromatic N) is 1. The molecule has 0 saturated heterocycles. The minimum absolute atomic E-state index is 0.0989. The molecule has 0 unspecified atom stereocenters. The van der Waals surface area contributed by atoms with Gasteiger partial charge in [0.25, 0.3) is 0 Å². The Labute approximate surface area is 219 Å². The number of benzene rings is 3. The van der Waals surface area contributed by atoms with Crippen LogP contribution in [0.15, 0.2) is 84.9 Å². The number of carbonyl (C=O) groups is 2. The summed E-state index contributed by atoms with van der Waals surface area (Å²) in [5.74, 6) is 0.529. The van der Waals surface area contributed by atoms with E-state index in [0.29, 0.717) is 31.0 Å². The SMILES string of the molecule is CCCCNC(=O)[C@H](Cc1ccccc1)N(Cc1ccccc1Cl)C(=O)CCCOc1ccccc1. The molecule has 5 nitrogen and oxygen atoms in total. The molecule has 3 aromatic rings. The maximum absolute atomic E-state index is 13.6. The lowest BCUT2D eigenvalue weighted by atomic mass is 10.0. The lowest BCUT2D eigenvalue weighted by molar-refractivity contribution is -0.141. The maximum Gasteiger partial charge on any atom is 0.243 e. The van der Waals surface area contributed by atoms with E-state index < -0.39 is 6.04 Å². The lowest BCUT2D eigenvalue weighted by Gasteiger charge is -2.32. The van der Waals surface area contributed by atoms with Crippen LogP contribution < -0.4 is 10.1 Å². The van der Waals surface area contributed by atoms with Crippen LogP contribution >= 0.6 is 11.6 Å². The number of ether oxygens (including phenoxy) is 1. The van der Waals surface area contributed by atoms with Crippen molar-refractivity contribution in [1.29, 1.82) is 0 Å². The third kappa shape index (κ3) is 8.72. The van der Waals surface area contributed by atoms with Gasteiger partial charge in [0, 0.05) is 31.0 Å². The zero-order chi connectivity index (χ0) is 25.6. The molecule has 36 heavy (non-hydrogen) atoms. The van der Waals surface area contributed by atoms with Crippen molar-refractivity contribution in [2.75, 3.05) is 13.2 Å². The normalized spacial score (nSPS) is 11.5. The molecule has 0 bridgehead atoms. The highest BCUT2D eigenvalue weighted by molar-refractivity contribution is 6.31. The zero-order valence-corrected chi connectivity index (χ0v) is 21.6. The molecular weight excluding hydrogens is 472 g/mol. The third-order valence-electron chi connectivity index (χ3n) is 5.95. The molecule has 0 radical (unpaired) electrons. The number of para-hydroxylation sites is 1. The van der Waals surface area contributed by atoms with Gasteiger partial charge >= 0.3 is 0 Å². The third-order valence-corrected chi connectivity index (χ3v) is 6.31. The van der Waals surface area contributed by atoms with Gasteiger partial charge < -0.3 is 15.0 Å². The summed E-state index contributed by atoms with van der Waals surface area (Å²) in [6.45, 7) is 3.34. The van der Waals surface area contributed by atoms with Crippen LogP contribution in [0.4, 0.5) is 0 Å². The second-order valence-electron chi connectivity index (χ2n) is 8.73. The highest BCUT2D eigenvalue weighted by Crippen LogP contribution is 2.21. The first-order valence-electron chi connectivity index (χ1n) is 12.6. The monoisotopic (exact) mass is 506 g/mol. The van der Waals surface area contributed by atoms with Gasteiger partial charge in [-0.15, -0.1) is 0 Å². The molecule has 1 N–H and O–H groups in total. The van der Waals surface area contributed by atoms with Crippen molar-refractivity contribution in [2.24, 2.45) is 0 Å². The van der Waals surface area contributed by atoms with Crippen molar-refractivity contribution in [2.45, 2.75) is 51.6 Å². The van der Waals surface area contributed by atoms with Crippen LogP contribution in [-0.2, 0) is 22.6 Å². The lowest BCUT2D eigenvalue weighted by Crippen LogP contribution is -2.50. The van der Waals surface area contributed by atoms with Gasteiger partial charge in [-0.25, -0.2) is 0 Å². The van der Waals surface area contributed by atoms with Crippen molar-refractivity contribution in [1.82, 2.24) is 10.2 Å². The van der Waals surface area contributed by atoms with Gasteiger partial charge in [-0.3, -0.25) is 9.59 Å². The van der Waals surface area contributed by atoms with E-state index in [1.165, 1.54) is 0 Å². The minimum Gasteiger partial charge on any atom is -0.494 e. The summed E-state index contributed by atoms with van der Waals surface area (Å²) in [5, 5.41) is 3.61. The molecule has 2 amide bonds. The summed E-state index contributed by atoms with van der Waals surface area (Å²) >= 11 is 6.46. The summed E-state index contributed by atoms with van der Waals surface area (Å²) in [4.78, 5) is 28.7. The van der Waals surface area contributed by atoms with Gasteiger partial charge in [0.05, 0.1) is 6.61 Å². The van der Waals surface area contributed by atoms with Gasteiger partial charge in [-0.2, -0.15) is 0 Å². The summed E-state index contributed by atoms with van der Waals surface area (Å²) in [5.41, 5.74) is 1.81. The first kappa shape index (κ1) is 27.3. The second kappa shape index (κ2) is 14.9. The van der Waals surface area contributed by atoms with Gasteiger partial charge in [0.2, 0.25) is 11.8 Å².